The molecule has 1 saturated heterocycles. The van der Waals surface area contributed by atoms with Crippen LogP contribution in [0, 0.1) is 5.92 Å². The van der Waals surface area contributed by atoms with Crippen molar-refractivity contribution in [1.82, 2.24) is 21.0 Å². The average Bonchev–Trinajstić information content (AvgIpc) is 4.09. The zero-order valence-electron chi connectivity index (χ0n) is 41.2. The molecule has 0 bridgehead atoms. The van der Waals surface area contributed by atoms with Gasteiger partial charge in [0, 0.05) is 24.2 Å². The van der Waals surface area contributed by atoms with Crippen LogP contribution in [0.25, 0.3) is 11.3 Å². The standard InChI is InChI=1S/C55H61N5O13/c1-4-7-10-20-42(45(5-2)60(36-61)73-54(67)39-22-25-41(26-23-39)59-30-15-21-49(59)62)51(64)56-35-57-53(66)47-29-28-46(72-47)40-24-27-43(48(31-40)69-6-3)52(65)58-44(55(68)71-34-38-18-13-9-14-19-38)32-50(63)70-33-37-16-11-8-12-17-37/h8-9,11-14,16-19,22-29,31,36,42,44-45H,4-7,10,15,20-21,30,32-35H2,1-3H3,(H,56,64)(H,57,66)(H,58,65)/t42-,44+,45-/m1/s1. The molecule has 4 aromatic carbocycles. The number of hydrogen-bond donors (Lipinski definition) is 3. The summed E-state index contributed by atoms with van der Waals surface area (Å²) in [4.78, 5) is 112. The Hall–Kier alpha value is -8.28. The summed E-state index contributed by atoms with van der Waals surface area (Å²) in [6.45, 7) is 5.83. The van der Waals surface area contributed by atoms with Crippen molar-refractivity contribution in [2.45, 2.75) is 97.4 Å². The lowest BCUT2D eigenvalue weighted by molar-refractivity contribution is -0.171. The minimum absolute atomic E-state index is 0.00350. The van der Waals surface area contributed by atoms with E-state index in [1.54, 1.807) is 91.5 Å². The molecular formula is C55H61N5O13. The predicted octanol–water partition coefficient (Wildman–Crippen LogP) is 7.46. The lowest BCUT2D eigenvalue weighted by Gasteiger charge is -2.31. The van der Waals surface area contributed by atoms with E-state index < -0.39 is 60.1 Å². The number of hydroxylamine groups is 2. The van der Waals surface area contributed by atoms with Gasteiger partial charge < -0.3 is 44.3 Å². The van der Waals surface area contributed by atoms with Gasteiger partial charge in [-0.1, -0.05) is 99.8 Å². The third-order valence-corrected chi connectivity index (χ3v) is 12.0. The number of unbranched alkanes of at least 4 members (excludes halogenated alkanes) is 2. The Morgan fingerprint density at radius 3 is 2.12 bits per heavy atom. The van der Waals surface area contributed by atoms with Crippen molar-refractivity contribution < 1.29 is 61.8 Å². The van der Waals surface area contributed by atoms with Crippen molar-refractivity contribution >= 4 is 53.6 Å². The fraction of sp³-hybridized carbons (Fsp3) is 0.345. The molecule has 5 amide bonds. The zero-order valence-corrected chi connectivity index (χ0v) is 41.2. The van der Waals surface area contributed by atoms with Gasteiger partial charge in [-0.15, -0.1) is 0 Å². The zero-order chi connectivity index (χ0) is 52.1. The second-order valence-electron chi connectivity index (χ2n) is 17.1. The first kappa shape index (κ1) is 54.1. The van der Waals surface area contributed by atoms with Gasteiger partial charge in [-0.05, 0) is 85.8 Å². The predicted molar refractivity (Wildman–Crippen MR) is 267 cm³/mol. The van der Waals surface area contributed by atoms with Crippen molar-refractivity contribution in [2.24, 2.45) is 5.92 Å². The largest absolute Gasteiger partial charge is 0.493 e. The number of anilines is 1. The summed E-state index contributed by atoms with van der Waals surface area (Å²) in [5, 5.41) is 8.83. The molecule has 0 radical (unpaired) electrons. The summed E-state index contributed by atoms with van der Waals surface area (Å²) in [6, 6.07) is 29.6. The van der Waals surface area contributed by atoms with Crippen molar-refractivity contribution in [3.8, 4) is 17.1 Å². The summed E-state index contributed by atoms with van der Waals surface area (Å²) in [6.07, 6.45) is 4.04. The number of hydrogen-bond acceptors (Lipinski definition) is 13. The summed E-state index contributed by atoms with van der Waals surface area (Å²) in [7, 11) is 0. The molecule has 5 aromatic rings. The van der Waals surface area contributed by atoms with Gasteiger partial charge in [0.05, 0.1) is 42.8 Å². The van der Waals surface area contributed by atoms with Crippen LogP contribution in [0.3, 0.4) is 0 Å². The molecule has 2 heterocycles. The first-order chi connectivity index (χ1) is 35.4. The molecule has 1 aliphatic rings. The van der Waals surface area contributed by atoms with Crippen molar-refractivity contribution in [2.75, 3.05) is 24.7 Å². The Morgan fingerprint density at radius 1 is 0.795 bits per heavy atom. The van der Waals surface area contributed by atoms with Gasteiger partial charge in [-0.3, -0.25) is 28.8 Å². The van der Waals surface area contributed by atoms with Gasteiger partial charge in [0.1, 0.15) is 30.8 Å². The Morgan fingerprint density at radius 2 is 1.49 bits per heavy atom. The minimum atomic E-state index is -1.41. The maximum Gasteiger partial charge on any atom is 0.363 e. The topological polar surface area (TPSA) is 229 Å². The summed E-state index contributed by atoms with van der Waals surface area (Å²) in [5.41, 5.74) is 2.74. The molecule has 0 unspecified atom stereocenters. The summed E-state index contributed by atoms with van der Waals surface area (Å²) in [5.74, 6) is -4.78. The van der Waals surface area contributed by atoms with Crippen LogP contribution in [0.1, 0.15) is 115 Å². The molecule has 3 N–H and O–H groups in total. The van der Waals surface area contributed by atoms with Crippen molar-refractivity contribution in [1.29, 1.82) is 0 Å². The van der Waals surface area contributed by atoms with E-state index in [1.165, 1.54) is 30.3 Å². The lowest BCUT2D eigenvalue weighted by Crippen LogP contribution is -2.49. The maximum atomic E-state index is 13.8. The molecule has 0 spiro atoms. The van der Waals surface area contributed by atoms with Crippen LogP contribution in [0.2, 0.25) is 0 Å². The van der Waals surface area contributed by atoms with E-state index in [0.717, 1.165) is 29.9 Å². The molecule has 1 aromatic heterocycles. The third kappa shape index (κ3) is 15.4. The van der Waals surface area contributed by atoms with Gasteiger partial charge in [0.2, 0.25) is 18.2 Å². The van der Waals surface area contributed by atoms with Gasteiger partial charge in [-0.2, -0.15) is 5.06 Å². The van der Waals surface area contributed by atoms with E-state index in [-0.39, 0.29) is 67.2 Å². The van der Waals surface area contributed by atoms with E-state index in [2.05, 4.69) is 16.0 Å². The fourth-order valence-electron chi connectivity index (χ4n) is 8.17. The molecule has 3 atom stereocenters. The maximum absolute atomic E-state index is 13.8. The number of benzene rings is 4. The molecule has 18 nitrogen and oxygen atoms in total. The molecule has 18 heteroatoms. The second kappa shape index (κ2) is 27.4. The third-order valence-electron chi connectivity index (χ3n) is 12.0. The van der Waals surface area contributed by atoms with Crippen LogP contribution in [-0.4, -0.2) is 84.9 Å². The fourth-order valence-corrected chi connectivity index (χ4v) is 8.17. The van der Waals surface area contributed by atoms with E-state index in [1.807, 2.05) is 19.1 Å². The Bertz CT molecular complexity index is 2670. The number of amides is 5. The van der Waals surface area contributed by atoms with Gasteiger partial charge in [0.25, 0.3) is 11.8 Å². The number of furan rings is 1. The Balaban J connectivity index is 1.07. The number of nitrogens with zero attached hydrogens (tertiary/aromatic N) is 2. The highest BCUT2D eigenvalue weighted by Gasteiger charge is 2.34. The monoisotopic (exact) mass is 999 g/mol. The minimum Gasteiger partial charge on any atom is -0.493 e. The number of esters is 2. The number of carbonyl (C=O) groups excluding carboxylic acids is 8. The van der Waals surface area contributed by atoms with E-state index in [0.29, 0.717) is 49.0 Å². The number of rotatable bonds is 27. The molecule has 6 rings (SSSR count). The van der Waals surface area contributed by atoms with Crippen LogP contribution in [-0.2, 0) is 51.5 Å². The highest BCUT2D eigenvalue weighted by atomic mass is 16.7. The quantitative estimate of drug-likeness (QED) is 0.0153. The highest BCUT2D eigenvalue weighted by molar-refractivity contribution is 6.00. The Labute approximate surface area is 423 Å². The molecule has 1 aliphatic heterocycles. The highest BCUT2D eigenvalue weighted by Crippen LogP contribution is 2.30. The normalized spacial score (nSPS) is 13.2. The first-order valence-electron chi connectivity index (χ1n) is 24.4. The van der Waals surface area contributed by atoms with Gasteiger partial charge >= 0.3 is 17.9 Å². The second-order valence-corrected chi connectivity index (χ2v) is 17.1. The van der Waals surface area contributed by atoms with E-state index in [9.17, 15) is 38.4 Å². The number of nitrogens with one attached hydrogen (secondary N) is 3. The molecule has 384 valence electrons. The molecular weight excluding hydrogens is 939 g/mol. The molecule has 0 aliphatic carbocycles. The van der Waals surface area contributed by atoms with Crippen molar-refractivity contribution in [3.05, 3.63) is 143 Å². The van der Waals surface area contributed by atoms with Gasteiger partial charge in [0.15, 0.2) is 5.76 Å². The van der Waals surface area contributed by atoms with Crippen molar-refractivity contribution in [3.63, 3.8) is 0 Å². The Kier molecular flexibility index (Phi) is 20.3. The average molecular weight is 1000 g/mol. The number of carbonyl (C=O) groups is 8. The number of ether oxygens (including phenoxy) is 3. The van der Waals surface area contributed by atoms with E-state index >= 15 is 0 Å². The van der Waals surface area contributed by atoms with Crippen LogP contribution < -0.4 is 25.6 Å². The van der Waals surface area contributed by atoms with Crippen LogP contribution in [0.4, 0.5) is 5.69 Å². The molecule has 0 saturated carbocycles. The smallest absolute Gasteiger partial charge is 0.363 e. The summed E-state index contributed by atoms with van der Waals surface area (Å²) < 4.78 is 22.7. The SMILES string of the molecule is CCCCC[C@@H](C(=O)NCNC(=O)c1ccc(-c2ccc(C(=O)N[C@@H](CC(=O)OCc3ccccc3)C(=O)OCc3ccccc3)c(OCC)c2)o1)[C@@H](CC)N(C=O)OC(=O)c1ccc(N2CCCC2=O)cc1. The van der Waals surface area contributed by atoms with Gasteiger partial charge in [-0.25, -0.2) is 9.59 Å². The first-order valence-corrected chi connectivity index (χ1v) is 24.4. The lowest BCUT2D eigenvalue weighted by atomic mass is 9.90. The summed E-state index contributed by atoms with van der Waals surface area (Å²) >= 11 is 0. The molecule has 73 heavy (non-hydrogen) atoms. The molecule has 1 fully saturated rings. The van der Waals surface area contributed by atoms with Crippen LogP contribution in [0.5, 0.6) is 5.75 Å². The van der Waals surface area contributed by atoms with Crippen LogP contribution in [0.15, 0.2) is 120 Å². The van der Waals surface area contributed by atoms with Crippen LogP contribution >= 0.6 is 0 Å². The van der Waals surface area contributed by atoms with E-state index in [4.69, 9.17) is 23.5 Å².